The fourth-order valence-corrected chi connectivity index (χ4v) is 2.30. The molecule has 18 heavy (non-hydrogen) atoms. The number of hydrogen-bond acceptors (Lipinski definition) is 0. The fourth-order valence-electron chi connectivity index (χ4n) is 2.30. The predicted molar refractivity (Wildman–Crippen MR) is 84.8 cm³/mol. The van der Waals surface area contributed by atoms with Crippen LogP contribution in [0, 0.1) is 6.92 Å². The second kappa shape index (κ2) is 5.50. The number of benzene rings is 2. The Morgan fingerprint density at radius 2 is 1.72 bits per heavy atom. The maximum absolute atomic E-state index is 3.96. The van der Waals surface area contributed by atoms with Gasteiger partial charge in [0.2, 0.25) is 0 Å². The molecule has 0 N–H and O–H groups in total. The molecule has 0 aromatic heterocycles. The zero-order valence-electron chi connectivity index (χ0n) is 10.8. The van der Waals surface area contributed by atoms with Crippen LogP contribution in [-0.4, -0.2) is 0 Å². The van der Waals surface area contributed by atoms with Gasteiger partial charge in [0.1, 0.15) is 0 Å². The van der Waals surface area contributed by atoms with Crippen molar-refractivity contribution < 1.29 is 2.85 Å². The first-order valence-electron chi connectivity index (χ1n) is 6.19. The minimum atomic E-state index is 0. The van der Waals surface area contributed by atoms with Crippen molar-refractivity contribution >= 4 is 6.08 Å². The second-order valence-electron chi connectivity index (χ2n) is 4.39. The van der Waals surface area contributed by atoms with E-state index >= 15 is 0 Å². The van der Waals surface area contributed by atoms with Crippen LogP contribution in [0.4, 0.5) is 0 Å². The van der Waals surface area contributed by atoms with E-state index in [0.29, 0.717) is 0 Å². The Morgan fingerprint density at radius 1 is 1.00 bits per heavy atom. The van der Waals surface area contributed by atoms with E-state index in [1.165, 1.54) is 27.8 Å². The van der Waals surface area contributed by atoms with Gasteiger partial charge in [0.25, 0.3) is 0 Å². The average molecular weight is 238 g/mol. The third-order valence-electron chi connectivity index (χ3n) is 3.20. The molecule has 0 fully saturated rings. The molecule has 2 aromatic rings. The van der Waals surface area contributed by atoms with Crippen molar-refractivity contribution in [1.29, 1.82) is 0 Å². The molecule has 0 saturated heterocycles. The number of hydrogen-bond donors (Lipinski definition) is 0. The van der Waals surface area contributed by atoms with E-state index in [4.69, 9.17) is 0 Å². The maximum atomic E-state index is 3.96. The Bertz CT molecular complexity index is 586. The standard InChI is InChI=1S/C18H18.2H2/c1-4-9-15-11-8-13-18(16(15)5-2)17-12-7-6-10-14(17)3;;/h4-8,10-13H,1-2,9H2,3H3;2*1H. The highest BCUT2D eigenvalue weighted by Gasteiger charge is 2.08. The molecule has 94 valence electrons. The van der Waals surface area contributed by atoms with Gasteiger partial charge in [-0.05, 0) is 41.2 Å². The normalized spacial score (nSPS) is 10.1. The largest absolute Gasteiger partial charge is 0.103 e. The molecule has 2 rings (SSSR count). The first-order chi connectivity index (χ1) is 8.77. The summed E-state index contributed by atoms with van der Waals surface area (Å²) in [5.41, 5.74) is 6.31. The highest BCUT2D eigenvalue weighted by molar-refractivity contribution is 5.78. The minimum Gasteiger partial charge on any atom is -0.103 e. The topological polar surface area (TPSA) is 0 Å². The van der Waals surface area contributed by atoms with E-state index in [-0.39, 0.29) is 2.85 Å². The zero-order chi connectivity index (χ0) is 13.0. The summed E-state index contributed by atoms with van der Waals surface area (Å²) in [6, 6.07) is 14.9. The molecule has 0 heterocycles. The highest BCUT2D eigenvalue weighted by atomic mass is 14.1. The van der Waals surface area contributed by atoms with Gasteiger partial charge in [-0.1, -0.05) is 61.2 Å². The Labute approximate surface area is 112 Å². The molecule has 0 radical (unpaired) electrons. The summed E-state index contributed by atoms with van der Waals surface area (Å²) < 4.78 is 0. The van der Waals surface area contributed by atoms with Crippen molar-refractivity contribution in [2.45, 2.75) is 13.3 Å². The smallest absolute Gasteiger partial charge is 0 e. The predicted octanol–water partition coefficient (Wildman–Crippen LogP) is 5.53. The van der Waals surface area contributed by atoms with Crippen LogP contribution in [0.2, 0.25) is 0 Å². The molecular formula is C18H22. The highest BCUT2D eigenvalue weighted by Crippen LogP contribution is 2.30. The second-order valence-corrected chi connectivity index (χ2v) is 4.39. The van der Waals surface area contributed by atoms with Gasteiger partial charge in [-0.3, -0.25) is 0 Å². The van der Waals surface area contributed by atoms with E-state index in [2.05, 4.69) is 62.5 Å². The van der Waals surface area contributed by atoms with Crippen LogP contribution in [0.25, 0.3) is 17.2 Å². The van der Waals surface area contributed by atoms with E-state index in [9.17, 15) is 0 Å². The summed E-state index contributed by atoms with van der Waals surface area (Å²) in [6.45, 7) is 9.91. The van der Waals surface area contributed by atoms with Crippen molar-refractivity contribution in [3.05, 3.63) is 78.4 Å². The van der Waals surface area contributed by atoms with E-state index in [1.54, 1.807) is 0 Å². The van der Waals surface area contributed by atoms with E-state index in [1.807, 2.05) is 12.2 Å². The van der Waals surface area contributed by atoms with Crippen LogP contribution < -0.4 is 0 Å². The van der Waals surface area contributed by atoms with Crippen molar-refractivity contribution in [3.8, 4) is 11.1 Å². The van der Waals surface area contributed by atoms with Crippen LogP contribution in [0.3, 0.4) is 0 Å². The molecule has 2 aromatic carbocycles. The van der Waals surface area contributed by atoms with Crippen molar-refractivity contribution in [3.63, 3.8) is 0 Å². The number of aryl methyl sites for hydroxylation is 1. The van der Waals surface area contributed by atoms with Crippen molar-refractivity contribution in [2.24, 2.45) is 0 Å². The Kier molecular flexibility index (Phi) is 3.78. The molecule has 0 heteroatoms. The first kappa shape index (κ1) is 12.4. The molecule has 0 aliphatic rings. The lowest BCUT2D eigenvalue weighted by atomic mass is 9.92. The lowest BCUT2D eigenvalue weighted by Gasteiger charge is -2.13. The molecule has 0 aliphatic carbocycles. The van der Waals surface area contributed by atoms with Gasteiger partial charge in [0, 0.05) is 2.85 Å². The van der Waals surface area contributed by atoms with Gasteiger partial charge in [-0.25, -0.2) is 0 Å². The average Bonchev–Trinajstić information content (AvgIpc) is 2.39. The van der Waals surface area contributed by atoms with Crippen LogP contribution in [0.1, 0.15) is 19.5 Å². The summed E-state index contributed by atoms with van der Waals surface area (Å²) in [5, 5.41) is 0. The van der Waals surface area contributed by atoms with Gasteiger partial charge >= 0.3 is 0 Å². The van der Waals surface area contributed by atoms with E-state index in [0.717, 1.165) is 6.42 Å². The summed E-state index contributed by atoms with van der Waals surface area (Å²) in [7, 11) is 0. The fraction of sp³-hybridized carbons (Fsp3) is 0.111. The molecule has 0 amide bonds. The first-order valence-corrected chi connectivity index (χ1v) is 6.19. The number of allylic oxidation sites excluding steroid dienone is 1. The maximum Gasteiger partial charge on any atom is 0 e. The lowest BCUT2D eigenvalue weighted by Crippen LogP contribution is -1.92. The van der Waals surface area contributed by atoms with Crippen molar-refractivity contribution in [1.82, 2.24) is 0 Å². The third-order valence-corrected chi connectivity index (χ3v) is 3.20. The molecule has 0 spiro atoms. The SMILES string of the molecule is C=CCc1cccc(-c2ccccc2C)c1C=C.[HH].[HH]. The quantitative estimate of drug-likeness (QED) is 0.615. The third kappa shape index (κ3) is 2.28. The summed E-state index contributed by atoms with van der Waals surface area (Å²) in [4.78, 5) is 0. The molecule has 0 aliphatic heterocycles. The van der Waals surface area contributed by atoms with Gasteiger partial charge < -0.3 is 0 Å². The molecule has 0 nitrogen and oxygen atoms in total. The van der Waals surface area contributed by atoms with Crippen LogP contribution in [0.5, 0.6) is 0 Å². The Balaban J connectivity index is 0.00000180. The zero-order valence-corrected chi connectivity index (χ0v) is 10.8. The van der Waals surface area contributed by atoms with E-state index < -0.39 is 0 Å². The monoisotopic (exact) mass is 238 g/mol. The van der Waals surface area contributed by atoms with Crippen LogP contribution in [-0.2, 0) is 6.42 Å². The minimum absolute atomic E-state index is 0. The molecular weight excluding hydrogens is 216 g/mol. The van der Waals surface area contributed by atoms with Crippen molar-refractivity contribution in [2.75, 3.05) is 0 Å². The van der Waals surface area contributed by atoms with Crippen LogP contribution >= 0.6 is 0 Å². The molecule has 0 bridgehead atoms. The molecule has 0 atom stereocenters. The molecule has 0 saturated carbocycles. The van der Waals surface area contributed by atoms with Gasteiger partial charge in [-0.15, -0.1) is 6.58 Å². The van der Waals surface area contributed by atoms with Crippen LogP contribution in [0.15, 0.2) is 61.7 Å². The summed E-state index contributed by atoms with van der Waals surface area (Å²) in [5.74, 6) is 0. The summed E-state index contributed by atoms with van der Waals surface area (Å²) >= 11 is 0. The number of rotatable bonds is 4. The lowest BCUT2D eigenvalue weighted by molar-refractivity contribution is 1.26. The summed E-state index contributed by atoms with van der Waals surface area (Å²) in [6.07, 6.45) is 4.76. The molecule has 0 unspecified atom stereocenters. The Hall–Kier alpha value is -2.08. The van der Waals surface area contributed by atoms with Gasteiger partial charge in [0.15, 0.2) is 0 Å². The Morgan fingerprint density at radius 3 is 2.39 bits per heavy atom. The van der Waals surface area contributed by atoms with Gasteiger partial charge in [0.05, 0.1) is 0 Å². The van der Waals surface area contributed by atoms with Gasteiger partial charge in [-0.2, -0.15) is 0 Å².